The smallest absolute Gasteiger partial charge is 0.450 e. The van der Waals surface area contributed by atoms with E-state index in [4.69, 9.17) is 15.0 Å². The fraction of sp³-hybridized carbons (Fsp3) is 0. The van der Waals surface area contributed by atoms with Gasteiger partial charge in [0.05, 0.1) is 0 Å². The summed E-state index contributed by atoms with van der Waals surface area (Å²) in [6, 6.07) is 10.7. The molecule has 0 spiro atoms. The maximum Gasteiger partial charge on any atom is 1.00 e. The average Bonchev–Trinajstić information content (AvgIpc) is 1.87. The Bertz CT molecular complexity index is 211. The molecule has 1 aromatic carbocycles. The fourth-order valence-electron chi connectivity index (χ4n) is 0.371. The van der Waals surface area contributed by atoms with Gasteiger partial charge in [-0.1, -0.05) is 20.4 Å². The van der Waals surface area contributed by atoms with Gasteiger partial charge >= 0.3 is 57.5 Å². The van der Waals surface area contributed by atoms with Gasteiger partial charge in [-0.05, 0) is 0 Å². The van der Waals surface area contributed by atoms with Gasteiger partial charge in [0, 0.05) is 0 Å². The first-order chi connectivity index (χ1) is 5.13. The fourth-order valence-corrected chi connectivity index (χ4v) is 0.656. The largest absolute Gasteiger partial charge is 1.00 e. The summed E-state index contributed by atoms with van der Waals surface area (Å²) in [6.45, 7) is 0. The molecule has 60 valence electrons. The minimum absolute atomic E-state index is 0. The quantitative estimate of drug-likeness (QED) is 0.485. The van der Waals surface area contributed by atoms with Gasteiger partial charge in [0.2, 0.25) is 0 Å². The third kappa shape index (κ3) is 13.2. The molecule has 12 heavy (non-hydrogen) atoms. The predicted octanol–water partition coefficient (Wildman–Crippen LogP) is -0.524. The number of carboxylic acid groups (broad SMARTS) is 2. The first-order valence-corrected chi connectivity index (χ1v) is 3.46. The molecule has 0 saturated heterocycles. The first-order valence-electron chi connectivity index (χ1n) is 2.67. The normalized spacial score (nSPS) is 7.08. The van der Waals surface area contributed by atoms with Crippen LogP contribution in [0.2, 0.25) is 0 Å². The monoisotopic (exact) mass is 256 g/mol. The zero-order valence-electron chi connectivity index (χ0n) is 6.49. The Kier molecular flexibility index (Phi) is 12.2. The molecule has 0 heterocycles. The number of carbonyl (C=O) groups is 1. The van der Waals surface area contributed by atoms with Crippen molar-refractivity contribution in [1.82, 2.24) is 0 Å². The van der Waals surface area contributed by atoms with Crippen LogP contribution in [0.5, 0.6) is 0 Å². The summed E-state index contributed by atoms with van der Waals surface area (Å²) in [5, 5.41) is 13.9. The van der Waals surface area contributed by atoms with Gasteiger partial charge in [0.15, 0.2) is 0 Å². The summed E-state index contributed by atoms with van der Waals surface area (Å²) in [6.07, 6.45) is -1.83. The molecule has 3 nitrogen and oxygen atoms in total. The Morgan fingerprint density at radius 2 is 1.92 bits per heavy atom. The second-order valence-corrected chi connectivity index (χ2v) is 2.35. The molecule has 5 heteroatoms. The average molecular weight is 257 g/mol. The molecular formula is C7H6BrKO3. The van der Waals surface area contributed by atoms with E-state index in [9.17, 15) is 0 Å². The zero-order chi connectivity index (χ0) is 8.69. The molecule has 0 fully saturated rings. The molecule has 0 saturated carbocycles. The molecular weight excluding hydrogens is 251 g/mol. The summed E-state index contributed by atoms with van der Waals surface area (Å²) in [5.74, 6) is 0. The van der Waals surface area contributed by atoms with Crippen LogP contribution in [0.25, 0.3) is 0 Å². The van der Waals surface area contributed by atoms with Crippen LogP contribution in [0.1, 0.15) is 0 Å². The molecule has 0 bridgehead atoms. The van der Waals surface area contributed by atoms with E-state index in [0.717, 1.165) is 4.47 Å². The van der Waals surface area contributed by atoms with E-state index in [1.807, 2.05) is 24.3 Å². The van der Waals surface area contributed by atoms with E-state index >= 15 is 0 Å². The van der Waals surface area contributed by atoms with E-state index in [0.29, 0.717) is 0 Å². The van der Waals surface area contributed by atoms with Gasteiger partial charge in [-0.2, -0.15) is 30.3 Å². The third-order valence-electron chi connectivity index (χ3n) is 0.671. The molecule has 0 radical (unpaired) electrons. The van der Waals surface area contributed by atoms with Gasteiger partial charge in [-0.3, -0.25) is 0 Å². The maximum absolute atomic E-state index is 8.56. The minimum Gasteiger partial charge on any atom is -0.450 e. The standard InChI is InChI=1S/C6H4Br.CH2O3.K/c7-6-4-2-1-3-5-6;2-1(3)4;/h1-4H;(H2,2,3,4);/q-1;;+1. The topological polar surface area (TPSA) is 57.5 Å². The summed E-state index contributed by atoms with van der Waals surface area (Å²) in [5.41, 5.74) is 0. The second kappa shape index (κ2) is 9.69. The minimum atomic E-state index is -1.83. The van der Waals surface area contributed by atoms with E-state index in [1.165, 1.54) is 0 Å². The van der Waals surface area contributed by atoms with Crippen LogP contribution in [0.3, 0.4) is 0 Å². The third-order valence-corrected chi connectivity index (χ3v) is 1.16. The maximum atomic E-state index is 8.56. The van der Waals surface area contributed by atoms with Gasteiger partial charge < -0.3 is 10.2 Å². The summed E-state index contributed by atoms with van der Waals surface area (Å²) in [4.78, 5) is 8.56. The van der Waals surface area contributed by atoms with E-state index in [1.54, 1.807) is 0 Å². The van der Waals surface area contributed by atoms with Crippen molar-refractivity contribution < 1.29 is 66.4 Å². The van der Waals surface area contributed by atoms with Gasteiger partial charge in [-0.15, -0.1) is 0 Å². The van der Waals surface area contributed by atoms with Crippen molar-refractivity contribution >= 4 is 22.1 Å². The van der Waals surface area contributed by atoms with Crippen molar-refractivity contribution in [2.45, 2.75) is 0 Å². The van der Waals surface area contributed by atoms with E-state index in [-0.39, 0.29) is 51.4 Å². The number of hydrogen-bond acceptors (Lipinski definition) is 1. The number of hydrogen-bond donors (Lipinski definition) is 2. The molecule has 1 rings (SSSR count). The number of rotatable bonds is 0. The Morgan fingerprint density at radius 1 is 1.42 bits per heavy atom. The summed E-state index contributed by atoms with van der Waals surface area (Å²) in [7, 11) is 0. The number of benzene rings is 1. The molecule has 0 aromatic heterocycles. The first kappa shape index (κ1) is 15.1. The summed E-state index contributed by atoms with van der Waals surface area (Å²) >= 11 is 3.26. The number of halogens is 1. The van der Waals surface area contributed by atoms with Crippen LogP contribution < -0.4 is 51.4 Å². The van der Waals surface area contributed by atoms with E-state index in [2.05, 4.69) is 22.0 Å². The Hall–Kier alpha value is 0.606. The Balaban J connectivity index is 0. The van der Waals surface area contributed by atoms with Crippen LogP contribution in [0.15, 0.2) is 28.7 Å². The molecule has 0 aliphatic heterocycles. The summed E-state index contributed by atoms with van der Waals surface area (Å²) < 4.78 is 1.01. The van der Waals surface area contributed by atoms with Crippen molar-refractivity contribution in [3.8, 4) is 0 Å². The van der Waals surface area contributed by atoms with Crippen molar-refractivity contribution in [3.63, 3.8) is 0 Å². The van der Waals surface area contributed by atoms with Gasteiger partial charge in [0.1, 0.15) is 0 Å². The predicted molar refractivity (Wildman–Crippen MR) is 43.6 cm³/mol. The van der Waals surface area contributed by atoms with Crippen molar-refractivity contribution in [2.75, 3.05) is 0 Å². The molecule has 0 aliphatic carbocycles. The SMILES string of the molecule is Brc1[c-]cccc1.O=C(O)O.[K+]. The van der Waals surface area contributed by atoms with Crippen LogP contribution >= 0.6 is 15.9 Å². The van der Waals surface area contributed by atoms with Crippen LogP contribution in [0, 0.1) is 6.07 Å². The van der Waals surface area contributed by atoms with Gasteiger partial charge in [-0.25, -0.2) is 4.79 Å². The molecule has 1 aromatic rings. The van der Waals surface area contributed by atoms with Crippen LogP contribution in [-0.2, 0) is 0 Å². The molecule has 0 unspecified atom stereocenters. The van der Waals surface area contributed by atoms with Crippen LogP contribution in [0.4, 0.5) is 4.79 Å². The Morgan fingerprint density at radius 3 is 2.08 bits per heavy atom. The van der Waals surface area contributed by atoms with Crippen molar-refractivity contribution in [3.05, 3.63) is 34.8 Å². The van der Waals surface area contributed by atoms with Gasteiger partial charge in [0.25, 0.3) is 0 Å². The molecule has 0 amide bonds. The van der Waals surface area contributed by atoms with E-state index < -0.39 is 6.16 Å². The molecule has 0 atom stereocenters. The van der Waals surface area contributed by atoms with Crippen molar-refractivity contribution in [2.24, 2.45) is 0 Å². The zero-order valence-corrected chi connectivity index (χ0v) is 11.2. The molecule has 2 N–H and O–H groups in total. The molecule has 0 aliphatic rings. The van der Waals surface area contributed by atoms with Crippen LogP contribution in [-0.4, -0.2) is 16.4 Å². The Labute approximate surface area is 121 Å². The van der Waals surface area contributed by atoms with Crippen molar-refractivity contribution in [1.29, 1.82) is 0 Å². The second-order valence-electron chi connectivity index (χ2n) is 1.49.